The van der Waals surface area contributed by atoms with Crippen molar-refractivity contribution in [1.82, 2.24) is 15.0 Å². The number of aryl methyl sites for hydroxylation is 2. The third-order valence-electron chi connectivity index (χ3n) is 2.75. The van der Waals surface area contributed by atoms with Crippen molar-refractivity contribution in [2.45, 2.75) is 20.8 Å². The summed E-state index contributed by atoms with van der Waals surface area (Å²) in [5.74, 6) is 6.68. The van der Waals surface area contributed by atoms with Crippen molar-refractivity contribution in [2.24, 2.45) is 5.84 Å². The standard InChI is InChI=1S/C12H15N5/c1-7-5-4-6-14-10(7)12-15-9(3)8(2)11(16-12)17-13/h4-6H,13H2,1-3H3,(H,15,16,17). The van der Waals surface area contributed by atoms with Gasteiger partial charge in [-0.3, -0.25) is 4.98 Å². The van der Waals surface area contributed by atoms with Crippen LogP contribution in [-0.2, 0) is 0 Å². The number of hydrazine groups is 1. The SMILES string of the molecule is Cc1cccnc1-c1nc(C)c(C)c(NN)n1. The van der Waals surface area contributed by atoms with Crippen molar-refractivity contribution >= 4 is 5.82 Å². The number of pyridine rings is 1. The van der Waals surface area contributed by atoms with Crippen LogP contribution in [-0.4, -0.2) is 15.0 Å². The van der Waals surface area contributed by atoms with Crippen LogP contribution in [0.2, 0.25) is 0 Å². The van der Waals surface area contributed by atoms with Crippen LogP contribution in [0.25, 0.3) is 11.5 Å². The summed E-state index contributed by atoms with van der Waals surface area (Å²) in [5.41, 5.74) is 6.26. The Morgan fingerprint density at radius 1 is 1.18 bits per heavy atom. The fourth-order valence-corrected chi connectivity index (χ4v) is 1.60. The van der Waals surface area contributed by atoms with Crippen molar-refractivity contribution < 1.29 is 0 Å². The van der Waals surface area contributed by atoms with E-state index in [1.54, 1.807) is 6.20 Å². The van der Waals surface area contributed by atoms with Gasteiger partial charge < -0.3 is 5.43 Å². The highest BCUT2D eigenvalue weighted by Crippen LogP contribution is 2.21. The monoisotopic (exact) mass is 229 g/mol. The van der Waals surface area contributed by atoms with E-state index < -0.39 is 0 Å². The lowest BCUT2D eigenvalue weighted by Crippen LogP contribution is -2.12. The van der Waals surface area contributed by atoms with Gasteiger partial charge >= 0.3 is 0 Å². The van der Waals surface area contributed by atoms with E-state index in [1.807, 2.05) is 32.9 Å². The second kappa shape index (κ2) is 4.47. The van der Waals surface area contributed by atoms with Crippen LogP contribution >= 0.6 is 0 Å². The molecule has 0 atom stereocenters. The van der Waals surface area contributed by atoms with Gasteiger partial charge in [0.15, 0.2) is 5.82 Å². The summed E-state index contributed by atoms with van der Waals surface area (Å²) in [7, 11) is 0. The van der Waals surface area contributed by atoms with Crippen molar-refractivity contribution in [1.29, 1.82) is 0 Å². The first kappa shape index (κ1) is 11.5. The molecule has 0 unspecified atom stereocenters. The highest BCUT2D eigenvalue weighted by molar-refractivity contribution is 5.58. The van der Waals surface area contributed by atoms with Gasteiger partial charge in [-0.2, -0.15) is 0 Å². The number of aromatic nitrogens is 3. The topological polar surface area (TPSA) is 76.7 Å². The predicted molar refractivity (Wildman–Crippen MR) is 67.3 cm³/mol. The molecule has 0 saturated heterocycles. The molecule has 2 aromatic heterocycles. The fraction of sp³-hybridized carbons (Fsp3) is 0.250. The molecule has 0 aliphatic heterocycles. The molecular formula is C12H15N5. The van der Waals surface area contributed by atoms with Gasteiger partial charge in [0.25, 0.3) is 0 Å². The molecule has 3 N–H and O–H groups in total. The minimum Gasteiger partial charge on any atom is -0.308 e. The Morgan fingerprint density at radius 2 is 1.94 bits per heavy atom. The quantitative estimate of drug-likeness (QED) is 0.606. The van der Waals surface area contributed by atoms with Gasteiger partial charge in [-0.25, -0.2) is 15.8 Å². The molecule has 0 aromatic carbocycles. The summed E-state index contributed by atoms with van der Waals surface area (Å²) in [6.07, 6.45) is 1.73. The summed E-state index contributed by atoms with van der Waals surface area (Å²) < 4.78 is 0. The first-order chi connectivity index (χ1) is 8.13. The van der Waals surface area contributed by atoms with Crippen LogP contribution in [0.1, 0.15) is 16.8 Å². The number of rotatable bonds is 2. The van der Waals surface area contributed by atoms with E-state index in [1.165, 1.54) is 0 Å². The summed E-state index contributed by atoms with van der Waals surface area (Å²) >= 11 is 0. The number of hydrogen-bond acceptors (Lipinski definition) is 5. The molecular weight excluding hydrogens is 214 g/mol. The Balaban J connectivity index is 2.61. The van der Waals surface area contributed by atoms with E-state index in [4.69, 9.17) is 5.84 Å². The molecule has 0 amide bonds. The second-order valence-corrected chi connectivity index (χ2v) is 3.92. The lowest BCUT2D eigenvalue weighted by Gasteiger charge is -2.10. The molecule has 0 radical (unpaired) electrons. The number of nitrogen functional groups attached to an aromatic ring is 1. The molecule has 0 spiro atoms. The average Bonchev–Trinajstić information content (AvgIpc) is 2.33. The van der Waals surface area contributed by atoms with Gasteiger partial charge in [0.2, 0.25) is 0 Å². The highest BCUT2D eigenvalue weighted by Gasteiger charge is 2.11. The Morgan fingerprint density at radius 3 is 2.59 bits per heavy atom. The van der Waals surface area contributed by atoms with E-state index in [0.717, 1.165) is 22.5 Å². The van der Waals surface area contributed by atoms with Gasteiger partial charge in [-0.15, -0.1) is 0 Å². The number of nitrogens with zero attached hydrogens (tertiary/aromatic N) is 3. The molecule has 0 fully saturated rings. The minimum atomic E-state index is 0.596. The molecule has 0 aliphatic carbocycles. The van der Waals surface area contributed by atoms with Crippen LogP contribution in [0.15, 0.2) is 18.3 Å². The first-order valence-electron chi connectivity index (χ1n) is 5.37. The zero-order valence-electron chi connectivity index (χ0n) is 10.2. The molecule has 0 saturated carbocycles. The Labute approximate surface area is 100 Å². The molecule has 2 heterocycles. The maximum Gasteiger partial charge on any atom is 0.180 e. The third kappa shape index (κ3) is 2.09. The summed E-state index contributed by atoms with van der Waals surface area (Å²) in [6.45, 7) is 5.84. The van der Waals surface area contributed by atoms with Crippen LogP contribution in [0.4, 0.5) is 5.82 Å². The van der Waals surface area contributed by atoms with Crippen molar-refractivity contribution in [3.05, 3.63) is 35.2 Å². The maximum atomic E-state index is 5.44. The van der Waals surface area contributed by atoms with Crippen molar-refractivity contribution in [3.63, 3.8) is 0 Å². The average molecular weight is 229 g/mol. The zero-order valence-corrected chi connectivity index (χ0v) is 10.2. The Kier molecular flexibility index (Phi) is 3.01. The third-order valence-corrected chi connectivity index (χ3v) is 2.75. The van der Waals surface area contributed by atoms with E-state index >= 15 is 0 Å². The molecule has 5 heteroatoms. The summed E-state index contributed by atoms with van der Waals surface area (Å²) in [4.78, 5) is 13.1. The van der Waals surface area contributed by atoms with Gasteiger partial charge in [-0.1, -0.05) is 6.07 Å². The minimum absolute atomic E-state index is 0.596. The predicted octanol–water partition coefficient (Wildman–Crippen LogP) is 1.75. The largest absolute Gasteiger partial charge is 0.308 e. The normalized spacial score (nSPS) is 10.4. The van der Waals surface area contributed by atoms with Crippen LogP contribution in [0, 0.1) is 20.8 Å². The first-order valence-corrected chi connectivity index (χ1v) is 5.37. The van der Waals surface area contributed by atoms with E-state index in [0.29, 0.717) is 11.6 Å². The molecule has 2 aromatic rings. The molecule has 2 rings (SSSR count). The van der Waals surface area contributed by atoms with Gasteiger partial charge in [0.1, 0.15) is 11.5 Å². The number of nitrogens with one attached hydrogen (secondary N) is 1. The van der Waals surface area contributed by atoms with E-state index in [9.17, 15) is 0 Å². The Hall–Kier alpha value is -2.01. The Bertz CT molecular complexity index is 551. The molecule has 0 bridgehead atoms. The highest BCUT2D eigenvalue weighted by atomic mass is 15.3. The lowest BCUT2D eigenvalue weighted by molar-refractivity contribution is 1.04. The number of anilines is 1. The maximum absolute atomic E-state index is 5.44. The van der Waals surface area contributed by atoms with Crippen molar-refractivity contribution in [2.75, 3.05) is 5.43 Å². The molecule has 0 aliphatic rings. The molecule has 17 heavy (non-hydrogen) atoms. The van der Waals surface area contributed by atoms with E-state index in [-0.39, 0.29) is 0 Å². The van der Waals surface area contributed by atoms with Gasteiger partial charge in [0.05, 0.1) is 0 Å². The van der Waals surface area contributed by atoms with Crippen LogP contribution in [0.3, 0.4) is 0 Å². The number of hydrogen-bond donors (Lipinski definition) is 2. The van der Waals surface area contributed by atoms with Gasteiger partial charge in [0, 0.05) is 17.5 Å². The van der Waals surface area contributed by atoms with Crippen LogP contribution in [0.5, 0.6) is 0 Å². The summed E-state index contributed by atoms with van der Waals surface area (Å²) in [6, 6.07) is 3.87. The second-order valence-electron chi connectivity index (χ2n) is 3.92. The molecule has 5 nitrogen and oxygen atoms in total. The molecule has 88 valence electrons. The van der Waals surface area contributed by atoms with E-state index in [2.05, 4.69) is 20.4 Å². The smallest absolute Gasteiger partial charge is 0.180 e. The zero-order chi connectivity index (χ0) is 12.4. The number of nitrogens with two attached hydrogens (primary N) is 1. The van der Waals surface area contributed by atoms with Gasteiger partial charge in [-0.05, 0) is 32.4 Å². The lowest BCUT2D eigenvalue weighted by atomic mass is 10.2. The van der Waals surface area contributed by atoms with Crippen LogP contribution < -0.4 is 11.3 Å². The fourth-order valence-electron chi connectivity index (χ4n) is 1.60. The van der Waals surface area contributed by atoms with Crippen molar-refractivity contribution in [3.8, 4) is 11.5 Å². The summed E-state index contributed by atoms with van der Waals surface area (Å²) in [5, 5.41) is 0.